The van der Waals surface area contributed by atoms with Crippen molar-refractivity contribution in [2.75, 3.05) is 5.32 Å². The number of aromatic nitrogens is 2. The van der Waals surface area contributed by atoms with E-state index in [1.54, 1.807) is 0 Å². The summed E-state index contributed by atoms with van der Waals surface area (Å²) < 4.78 is 0.0594. The molecular formula is C8H8BrN3O3. The lowest BCUT2D eigenvalue weighted by molar-refractivity contribution is -0.114. The Morgan fingerprint density at radius 2 is 2.00 bits per heavy atom. The van der Waals surface area contributed by atoms with Crippen molar-refractivity contribution in [1.29, 1.82) is 0 Å². The normalized spacial score (nSPS) is 9.80. The van der Waals surface area contributed by atoms with Crippen molar-refractivity contribution in [2.45, 2.75) is 13.8 Å². The molecule has 2 N–H and O–H groups in total. The summed E-state index contributed by atoms with van der Waals surface area (Å²) in [5.74, 6) is -0.782. The van der Waals surface area contributed by atoms with Gasteiger partial charge in [-0.15, -0.1) is 0 Å². The zero-order chi connectivity index (χ0) is 11.6. The standard InChI is InChI=1S/C8H8BrN3O3/c1-3(13)6-5(9)7(15)12-8(11-6)10-4(2)14/h1-2H3,(H2,10,11,12,14,15). The molecule has 15 heavy (non-hydrogen) atoms. The first-order chi connectivity index (χ1) is 6.91. The third kappa shape index (κ3) is 2.72. The predicted octanol–water partition coefficient (Wildman–Crippen LogP) is 0.693. The summed E-state index contributed by atoms with van der Waals surface area (Å²) in [5, 5.41) is 2.29. The average molecular weight is 274 g/mol. The van der Waals surface area contributed by atoms with Crippen molar-refractivity contribution in [3.05, 3.63) is 20.5 Å². The molecule has 0 bridgehead atoms. The molecule has 0 aromatic carbocycles. The Labute approximate surface area is 93.2 Å². The highest BCUT2D eigenvalue weighted by Gasteiger charge is 2.13. The summed E-state index contributed by atoms with van der Waals surface area (Å²) >= 11 is 2.94. The van der Waals surface area contributed by atoms with Crippen LogP contribution in [0.2, 0.25) is 0 Å². The smallest absolute Gasteiger partial charge is 0.267 e. The Kier molecular flexibility index (Phi) is 3.35. The quantitative estimate of drug-likeness (QED) is 0.776. The number of carbonyl (C=O) groups excluding carboxylic acids is 2. The largest absolute Gasteiger partial charge is 0.296 e. The third-order valence-corrected chi connectivity index (χ3v) is 2.23. The van der Waals surface area contributed by atoms with Gasteiger partial charge in [-0.3, -0.25) is 24.7 Å². The number of anilines is 1. The zero-order valence-electron chi connectivity index (χ0n) is 8.05. The van der Waals surface area contributed by atoms with Crippen LogP contribution in [0.4, 0.5) is 5.95 Å². The van der Waals surface area contributed by atoms with Crippen molar-refractivity contribution >= 4 is 33.6 Å². The number of nitrogens with one attached hydrogen (secondary N) is 2. The maximum atomic E-state index is 11.3. The SMILES string of the molecule is CC(=O)Nc1nc(C(C)=O)c(Br)c(=O)[nH]1. The van der Waals surface area contributed by atoms with Crippen LogP contribution in [0.1, 0.15) is 24.3 Å². The Morgan fingerprint density at radius 3 is 2.47 bits per heavy atom. The molecule has 1 aromatic heterocycles. The van der Waals surface area contributed by atoms with Crippen molar-refractivity contribution < 1.29 is 9.59 Å². The number of nitrogens with zero attached hydrogens (tertiary/aromatic N) is 1. The van der Waals surface area contributed by atoms with Crippen LogP contribution in [0.15, 0.2) is 9.27 Å². The molecule has 0 radical (unpaired) electrons. The lowest BCUT2D eigenvalue weighted by Crippen LogP contribution is -2.19. The first-order valence-electron chi connectivity index (χ1n) is 4.00. The maximum absolute atomic E-state index is 11.3. The molecule has 0 unspecified atom stereocenters. The molecule has 1 heterocycles. The van der Waals surface area contributed by atoms with Crippen molar-refractivity contribution in [3.8, 4) is 0 Å². The number of hydrogen-bond donors (Lipinski definition) is 2. The van der Waals surface area contributed by atoms with E-state index >= 15 is 0 Å². The fourth-order valence-electron chi connectivity index (χ4n) is 0.918. The van der Waals surface area contributed by atoms with E-state index in [1.165, 1.54) is 13.8 Å². The minimum atomic E-state index is -0.515. The molecule has 0 aliphatic heterocycles. The Balaban J connectivity index is 3.29. The van der Waals surface area contributed by atoms with E-state index in [4.69, 9.17) is 0 Å². The number of H-pyrrole nitrogens is 1. The van der Waals surface area contributed by atoms with Crippen LogP contribution in [0.5, 0.6) is 0 Å². The van der Waals surface area contributed by atoms with Crippen LogP contribution in [0.3, 0.4) is 0 Å². The minimum absolute atomic E-state index is 0.0116. The number of Topliss-reactive ketones (excluding diaryl/α,β-unsaturated/α-hetero) is 1. The van der Waals surface area contributed by atoms with E-state index in [2.05, 4.69) is 31.2 Å². The van der Waals surface area contributed by atoms with Gasteiger partial charge in [-0.25, -0.2) is 4.98 Å². The van der Waals surface area contributed by atoms with Crippen LogP contribution < -0.4 is 10.9 Å². The third-order valence-electron chi connectivity index (χ3n) is 1.49. The molecule has 1 aromatic rings. The van der Waals surface area contributed by atoms with Gasteiger partial charge in [0.2, 0.25) is 11.9 Å². The van der Waals surface area contributed by atoms with Crippen molar-refractivity contribution in [3.63, 3.8) is 0 Å². The highest BCUT2D eigenvalue weighted by atomic mass is 79.9. The first kappa shape index (κ1) is 11.6. The number of hydrogen-bond acceptors (Lipinski definition) is 4. The molecule has 0 fully saturated rings. The molecule has 6 nitrogen and oxygen atoms in total. The highest BCUT2D eigenvalue weighted by Crippen LogP contribution is 2.10. The molecule has 0 saturated carbocycles. The van der Waals surface area contributed by atoms with E-state index in [9.17, 15) is 14.4 Å². The van der Waals surface area contributed by atoms with Crippen LogP contribution >= 0.6 is 15.9 Å². The van der Waals surface area contributed by atoms with E-state index in [-0.39, 0.29) is 27.8 Å². The van der Waals surface area contributed by atoms with Gasteiger partial charge in [0.05, 0.1) is 0 Å². The summed E-state index contributed by atoms with van der Waals surface area (Å²) in [4.78, 5) is 39.2. The zero-order valence-corrected chi connectivity index (χ0v) is 9.64. The summed E-state index contributed by atoms with van der Waals surface area (Å²) in [6.45, 7) is 2.56. The second-order valence-corrected chi connectivity index (χ2v) is 3.61. The second-order valence-electron chi connectivity index (χ2n) is 2.81. The highest BCUT2D eigenvalue weighted by molar-refractivity contribution is 9.10. The van der Waals surface area contributed by atoms with E-state index < -0.39 is 5.56 Å². The maximum Gasteiger partial charge on any atom is 0.267 e. The molecule has 7 heteroatoms. The number of amides is 1. The average Bonchev–Trinajstić information content (AvgIpc) is 2.09. The number of rotatable bonds is 2. The van der Waals surface area contributed by atoms with Crippen LogP contribution in [-0.4, -0.2) is 21.7 Å². The molecule has 0 atom stereocenters. The van der Waals surface area contributed by atoms with Gasteiger partial charge in [0.15, 0.2) is 5.78 Å². The van der Waals surface area contributed by atoms with E-state index in [0.717, 1.165) is 0 Å². The first-order valence-corrected chi connectivity index (χ1v) is 4.79. The van der Waals surface area contributed by atoms with Gasteiger partial charge in [-0.2, -0.15) is 0 Å². The van der Waals surface area contributed by atoms with E-state index in [0.29, 0.717) is 0 Å². The van der Waals surface area contributed by atoms with Crippen molar-refractivity contribution in [2.24, 2.45) is 0 Å². The van der Waals surface area contributed by atoms with Gasteiger partial charge in [0, 0.05) is 13.8 Å². The molecule has 0 aliphatic carbocycles. The van der Waals surface area contributed by atoms with Crippen molar-refractivity contribution in [1.82, 2.24) is 9.97 Å². The number of halogens is 1. The van der Waals surface area contributed by atoms with Gasteiger partial charge in [-0.05, 0) is 15.9 Å². The fourth-order valence-corrected chi connectivity index (χ4v) is 1.38. The number of carbonyl (C=O) groups is 2. The van der Waals surface area contributed by atoms with Gasteiger partial charge in [0.25, 0.3) is 5.56 Å². The minimum Gasteiger partial charge on any atom is -0.296 e. The summed E-state index contributed by atoms with van der Waals surface area (Å²) in [6.07, 6.45) is 0. The molecular weight excluding hydrogens is 266 g/mol. The molecule has 0 spiro atoms. The van der Waals surface area contributed by atoms with Gasteiger partial charge >= 0.3 is 0 Å². The molecule has 1 amide bonds. The fraction of sp³-hybridized carbons (Fsp3) is 0.250. The van der Waals surface area contributed by atoms with E-state index in [1.807, 2.05) is 0 Å². The van der Waals surface area contributed by atoms with Crippen LogP contribution in [-0.2, 0) is 4.79 Å². The van der Waals surface area contributed by atoms with Crippen LogP contribution in [0.25, 0.3) is 0 Å². The summed E-state index contributed by atoms with van der Waals surface area (Å²) in [5.41, 5.74) is -0.526. The van der Waals surface area contributed by atoms with Crippen LogP contribution in [0, 0.1) is 0 Å². The summed E-state index contributed by atoms with van der Waals surface area (Å²) in [6, 6.07) is 0. The van der Waals surface area contributed by atoms with Gasteiger partial charge in [0.1, 0.15) is 10.2 Å². The molecule has 0 saturated heterocycles. The number of aromatic amines is 1. The van der Waals surface area contributed by atoms with Gasteiger partial charge in [-0.1, -0.05) is 0 Å². The monoisotopic (exact) mass is 273 g/mol. The lowest BCUT2D eigenvalue weighted by Gasteiger charge is -2.03. The molecule has 0 aliphatic rings. The Hall–Kier alpha value is -1.50. The second kappa shape index (κ2) is 4.35. The topological polar surface area (TPSA) is 91.9 Å². The molecule has 1 rings (SSSR count). The number of ketones is 1. The Bertz CT molecular complexity index is 481. The van der Waals surface area contributed by atoms with Gasteiger partial charge < -0.3 is 0 Å². The Morgan fingerprint density at radius 1 is 1.40 bits per heavy atom. The summed E-state index contributed by atoms with van der Waals surface area (Å²) in [7, 11) is 0. The lowest BCUT2D eigenvalue weighted by atomic mass is 10.3. The molecule has 80 valence electrons. The predicted molar refractivity (Wildman–Crippen MR) is 56.9 cm³/mol.